The number of nitrogens with one attached hydrogen (secondary N) is 1. The molecule has 3 N–H and O–H groups in total. The third-order valence-corrected chi connectivity index (χ3v) is 3.33. The fraction of sp³-hybridized carbons (Fsp3) is 0.385. The SMILES string of the molecule is CCC(N)(CC)c1ncc(-c2cncc(F)c2)[nH]1. The first-order valence-corrected chi connectivity index (χ1v) is 6.04. The van der Waals surface area contributed by atoms with E-state index in [0.717, 1.165) is 24.4 Å². The lowest BCUT2D eigenvalue weighted by atomic mass is 9.93. The third kappa shape index (κ3) is 2.26. The number of pyridine rings is 1. The summed E-state index contributed by atoms with van der Waals surface area (Å²) in [5, 5.41) is 0. The number of nitrogens with two attached hydrogens (primary N) is 1. The smallest absolute Gasteiger partial charge is 0.142 e. The Labute approximate surface area is 105 Å². The number of rotatable bonds is 4. The molecule has 0 saturated heterocycles. The van der Waals surface area contributed by atoms with Gasteiger partial charge in [0.15, 0.2) is 0 Å². The van der Waals surface area contributed by atoms with Crippen molar-refractivity contribution in [1.82, 2.24) is 15.0 Å². The molecule has 2 aromatic heterocycles. The van der Waals surface area contributed by atoms with E-state index in [0.29, 0.717) is 5.56 Å². The minimum Gasteiger partial charge on any atom is -0.340 e. The second-order valence-corrected chi connectivity index (χ2v) is 4.40. The summed E-state index contributed by atoms with van der Waals surface area (Å²) in [6, 6.07) is 1.42. The zero-order valence-corrected chi connectivity index (χ0v) is 10.6. The van der Waals surface area contributed by atoms with Gasteiger partial charge in [0.1, 0.15) is 11.6 Å². The average Bonchev–Trinajstić information content (AvgIpc) is 2.88. The summed E-state index contributed by atoms with van der Waals surface area (Å²) < 4.78 is 13.1. The molecule has 96 valence electrons. The summed E-state index contributed by atoms with van der Waals surface area (Å²) in [4.78, 5) is 11.3. The molecule has 18 heavy (non-hydrogen) atoms. The molecule has 2 rings (SSSR count). The maximum Gasteiger partial charge on any atom is 0.142 e. The molecule has 4 nitrogen and oxygen atoms in total. The first kappa shape index (κ1) is 12.7. The Hall–Kier alpha value is -1.75. The number of halogens is 1. The Bertz CT molecular complexity index is 531. The molecule has 0 fully saturated rings. The van der Waals surface area contributed by atoms with Crippen LogP contribution in [0.25, 0.3) is 11.3 Å². The van der Waals surface area contributed by atoms with E-state index in [1.54, 1.807) is 12.4 Å². The van der Waals surface area contributed by atoms with Crippen LogP contribution >= 0.6 is 0 Å². The number of nitrogens with zero attached hydrogens (tertiary/aromatic N) is 2. The van der Waals surface area contributed by atoms with E-state index in [-0.39, 0.29) is 5.82 Å². The highest BCUT2D eigenvalue weighted by Gasteiger charge is 2.26. The Morgan fingerprint density at radius 3 is 2.61 bits per heavy atom. The first-order valence-electron chi connectivity index (χ1n) is 6.04. The molecular weight excluding hydrogens is 231 g/mol. The van der Waals surface area contributed by atoms with Crippen molar-refractivity contribution in [3.63, 3.8) is 0 Å². The van der Waals surface area contributed by atoms with E-state index in [2.05, 4.69) is 15.0 Å². The Morgan fingerprint density at radius 1 is 1.28 bits per heavy atom. The summed E-state index contributed by atoms with van der Waals surface area (Å²) in [7, 11) is 0. The number of imidazole rings is 1. The highest BCUT2D eigenvalue weighted by atomic mass is 19.1. The van der Waals surface area contributed by atoms with Crippen molar-refractivity contribution in [2.45, 2.75) is 32.2 Å². The van der Waals surface area contributed by atoms with Crippen molar-refractivity contribution < 1.29 is 4.39 Å². The van der Waals surface area contributed by atoms with Gasteiger partial charge in [0.25, 0.3) is 0 Å². The first-order chi connectivity index (χ1) is 8.59. The summed E-state index contributed by atoms with van der Waals surface area (Å²) in [6.07, 6.45) is 6.01. The molecule has 0 unspecified atom stereocenters. The van der Waals surface area contributed by atoms with E-state index >= 15 is 0 Å². The van der Waals surface area contributed by atoms with Gasteiger partial charge < -0.3 is 10.7 Å². The second kappa shape index (κ2) is 4.86. The molecule has 0 spiro atoms. The van der Waals surface area contributed by atoms with Gasteiger partial charge in [-0.05, 0) is 18.9 Å². The molecule has 0 atom stereocenters. The second-order valence-electron chi connectivity index (χ2n) is 4.40. The normalized spacial score (nSPS) is 11.8. The minimum absolute atomic E-state index is 0.367. The van der Waals surface area contributed by atoms with Gasteiger partial charge in [-0.25, -0.2) is 9.37 Å². The summed E-state index contributed by atoms with van der Waals surface area (Å²) >= 11 is 0. The van der Waals surface area contributed by atoms with Gasteiger partial charge in [-0.3, -0.25) is 4.98 Å². The molecule has 2 aromatic rings. The van der Waals surface area contributed by atoms with Crippen molar-refractivity contribution in [3.8, 4) is 11.3 Å². The number of H-pyrrole nitrogens is 1. The maximum atomic E-state index is 13.1. The summed E-state index contributed by atoms with van der Waals surface area (Å²) in [5.41, 5.74) is 7.20. The topological polar surface area (TPSA) is 67.6 Å². The highest BCUT2D eigenvalue weighted by molar-refractivity contribution is 5.57. The third-order valence-electron chi connectivity index (χ3n) is 3.33. The van der Waals surface area contributed by atoms with Gasteiger partial charge in [0.2, 0.25) is 0 Å². The van der Waals surface area contributed by atoms with Crippen molar-refractivity contribution in [2.75, 3.05) is 0 Å². The maximum absolute atomic E-state index is 13.1. The largest absolute Gasteiger partial charge is 0.340 e. The molecule has 0 amide bonds. The van der Waals surface area contributed by atoms with Crippen LogP contribution in [-0.2, 0) is 5.54 Å². The fourth-order valence-electron chi connectivity index (χ4n) is 1.86. The van der Waals surface area contributed by atoms with Crippen molar-refractivity contribution in [3.05, 3.63) is 36.3 Å². The average molecular weight is 248 g/mol. The standard InChI is InChI=1S/C13H17FN4/c1-3-13(15,4-2)12-17-8-11(18-12)9-5-10(14)7-16-6-9/h5-8H,3-4,15H2,1-2H3,(H,17,18). The molecule has 0 saturated carbocycles. The molecule has 0 aromatic carbocycles. The van der Waals surface area contributed by atoms with Crippen LogP contribution in [-0.4, -0.2) is 15.0 Å². The van der Waals surface area contributed by atoms with Crippen LogP contribution in [0, 0.1) is 5.82 Å². The van der Waals surface area contributed by atoms with Gasteiger partial charge in [0, 0.05) is 11.8 Å². The number of aromatic nitrogens is 3. The quantitative estimate of drug-likeness (QED) is 0.873. The van der Waals surface area contributed by atoms with E-state index in [4.69, 9.17) is 5.73 Å². The van der Waals surface area contributed by atoms with E-state index in [9.17, 15) is 4.39 Å². The molecule has 0 aliphatic carbocycles. The Kier molecular flexibility index (Phi) is 3.43. The van der Waals surface area contributed by atoms with Gasteiger partial charge in [-0.2, -0.15) is 0 Å². The predicted molar refractivity (Wildman–Crippen MR) is 68.2 cm³/mol. The summed E-state index contributed by atoms with van der Waals surface area (Å²) in [6.45, 7) is 4.05. The molecule has 5 heteroatoms. The van der Waals surface area contributed by atoms with E-state index in [1.807, 2.05) is 13.8 Å². The van der Waals surface area contributed by atoms with Crippen LogP contribution in [0.15, 0.2) is 24.7 Å². The number of hydrogen-bond donors (Lipinski definition) is 2. The van der Waals surface area contributed by atoms with Gasteiger partial charge in [0.05, 0.1) is 23.6 Å². The minimum atomic E-state index is -0.459. The lowest BCUT2D eigenvalue weighted by Gasteiger charge is -2.23. The molecule has 0 radical (unpaired) electrons. The van der Waals surface area contributed by atoms with Crippen LogP contribution in [0.1, 0.15) is 32.5 Å². The van der Waals surface area contributed by atoms with Gasteiger partial charge >= 0.3 is 0 Å². The number of hydrogen-bond acceptors (Lipinski definition) is 3. The summed E-state index contributed by atoms with van der Waals surface area (Å²) in [5.74, 6) is 0.361. The van der Waals surface area contributed by atoms with Crippen LogP contribution in [0.2, 0.25) is 0 Å². The van der Waals surface area contributed by atoms with Gasteiger partial charge in [-0.1, -0.05) is 13.8 Å². The lowest BCUT2D eigenvalue weighted by molar-refractivity contribution is 0.391. The van der Waals surface area contributed by atoms with Crippen molar-refractivity contribution in [1.29, 1.82) is 0 Å². The van der Waals surface area contributed by atoms with E-state index < -0.39 is 5.54 Å². The van der Waals surface area contributed by atoms with Crippen LogP contribution in [0.4, 0.5) is 4.39 Å². The molecular formula is C13H17FN4. The lowest BCUT2D eigenvalue weighted by Crippen LogP contribution is -2.36. The Balaban J connectivity index is 2.36. The Morgan fingerprint density at radius 2 is 2.00 bits per heavy atom. The monoisotopic (exact) mass is 248 g/mol. The van der Waals surface area contributed by atoms with Crippen molar-refractivity contribution >= 4 is 0 Å². The number of aromatic amines is 1. The van der Waals surface area contributed by atoms with E-state index in [1.165, 1.54) is 12.3 Å². The molecule has 0 aliphatic rings. The van der Waals surface area contributed by atoms with Gasteiger partial charge in [-0.15, -0.1) is 0 Å². The van der Waals surface area contributed by atoms with Crippen LogP contribution in [0.5, 0.6) is 0 Å². The molecule has 2 heterocycles. The zero-order valence-electron chi connectivity index (χ0n) is 10.6. The van der Waals surface area contributed by atoms with Crippen molar-refractivity contribution in [2.24, 2.45) is 5.73 Å². The molecule has 0 bridgehead atoms. The zero-order chi connectivity index (χ0) is 13.2. The highest BCUT2D eigenvalue weighted by Crippen LogP contribution is 2.25. The predicted octanol–water partition coefficient (Wildman–Crippen LogP) is 2.58. The van der Waals surface area contributed by atoms with Crippen LogP contribution < -0.4 is 5.73 Å². The molecule has 0 aliphatic heterocycles. The van der Waals surface area contributed by atoms with Crippen LogP contribution in [0.3, 0.4) is 0 Å². The fourth-order valence-corrected chi connectivity index (χ4v) is 1.86.